The number of hydrogen-bond acceptors (Lipinski definition) is 6. The fraction of sp³-hybridized carbons (Fsp3) is 0.579. The number of pyridine rings is 1. The van der Waals surface area contributed by atoms with Gasteiger partial charge in [0, 0.05) is 36.4 Å². The van der Waals surface area contributed by atoms with E-state index in [0.29, 0.717) is 16.5 Å². The monoisotopic (exact) mass is 390 g/mol. The lowest BCUT2D eigenvalue weighted by molar-refractivity contribution is -0.00757. The molecule has 2 saturated heterocycles. The van der Waals surface area contributed by atoms with Crippen molar-refractivity contribution in [2.45, 2.75) is 70.2 Å². The molecule has 1 amide bonds. The van der Waals surface area contributed by atoms with Crippen LogP contribution in [0.15, 0.2) is 18.6 Å². The van der Waals surface area contributed by atoms with Crippen molar-refractivity contribution >= 4 is 28.6 Å². The molecule has 2 aromatic heterocycles. The maximum Gasteiger partial charge on any atom is 0.410 e. The second-order valence-electron chi connectivity index (χ2n) is 8.19. The summed E-state index contributed by atoms with van der Waals surface area (Å²) < 4.78 is 11.7. The Bertz CT molecular complexity index is 856. The van der Waals surface area contributed by atoms with Gasteiger partial charge in [0.2, 0.25) is 5.88 Å². The number of rotatable bonds is 2. The van der Waals surface area contributed by atoms with Crippen LogP contribution in [0.4, 0.5) is 4.79 Å². The second-order valence-corrected chi connectivity index (χ2v) is 8.55. The van der Waals surface area contributed by atoms with Gasteiger partial charge in [0.05, 0.1) is 11.7 Å². The number of carbonyl (C=O) groups is 1. The average Bonchev–Trinajstić information content (AvgIpc) is 2.86. The Labute approximate surface area is 163 Å². The van der Waals surface area contributed by atoms with Gasteiger partial charge in [-0.25, -0.2) is 19.7 Å². The van der Waals surface area contributed by atoms with Gasteiger partial charge in [-0.05, 0) is 33.6 Å². The molecule has 27 heavy (non-hydrogen) atoms. The molecule has 144 valence electrons. The molecule has 4 heterocycles. The summed E-state index contributed by atoms with van der Waals surface area (Å²) in [5, 5.41) is 1.10. The Hall–Kier alpha value is -2.15. The topological polar surface area (TPSA) is 77.4 Å². The van der Waals surface area contributed by atoms with Crippen molar-refractivity contribution in [2.24, 2.45) is 0 Å². The molecule has 2 fully saturated rings. The number of fused-ring (bicyclic) bond motifs is 3. The molecule has 0 aliphatic carbocycles. The van der Waals surface area contributed by atoms with Crippen LogP contribution in [0.5, 0.6) is 5.88 Å². The first-order chi connectivity index (χ1) is 12.8. The third kappa shape index (κ3) is 3.78. The quantitative estimate of drug-likeness (QED) is 0.721. The molecule has 0 N–H and O–H groups in total. The van der Waals surface area contributed by atoms with Crippen LogP contribution in [0.3, 0.4) is 0 Å². The summed E-state index contributed by atoms with van der Waals surface area (Å²) in [5.41, 5.74) is 0.197. The highest BCUT2D eigenvalue weighted by atomic mass is 35.5. The maximum atomic E-state index is 12.5. The predicted molar refractivity (Wildman–Crippen MR) is 101 cm³/mol. The van der Waals surface area contributed by atoms with E-state index in [9.17, 15) is 4.79 Å². The number of carbonyl (C=O) groups excluding carboxylic acids is 1. The van der Waals surface area contributed by atoms with E-state index in [2.05, 4.69) is 15.0 Å². The standard InChI is InChI=1S/C19H23ClN4O3/c1-19(2,3)27-18(25)24-11-4-5-12(24)7-13(6-11)26-16-8-14-15(9-21-16)22-10-23-17(14)20/h8-13H,4-7H2,1-3H3. The first-order valence-electron chi connectivity index (χ1n) is 9.24. The van der Waals surface area contributed by atoms with Crippen molar-refractivity contribution in [2.75, 3.05) is 0 Å². The summed E-state index contributed by atoms with van der Waals surface area (Å²) in [6.07, 6.45) is 6.35. The Kier molecular flexibility index (Phi) is 4.58. The lowest BCUT2D eigenvalue weighted by Crippen LogP contribution is -2.50. The van der Waals surface area contributed by atoms with Crippen LogP contribution in [-0.2, 0) is 4.74 Å². The minimum absolute atomic E-state index is 0.00884. The molecule has 7 nitrogen and oxygen atoms in total. The number of hydrogen-bond donors (Lipinski definition) is 0. The smallest absolute Gasteiger partial charge is 0.410 e. The van der Waals surface area contributed by atoms with Gasteiger partial charge in [0.25, 0.3) is 0 Å². The van der Waals surface area contributed by atoms with E-state index in [4.69, 9.17) is 21.1 Å². The number of piperidine rings is 1. The summed E-state index contributed by atoms with van der Waals surface area (Å²) in [5.74, 6) is 0.509. The predicted octanol–water partition coefficient (Wildman–Crippen LogP) is 3.99. The van der Waals surface area contributed by atoms with Gasteiger partial charge in [0.15, 0.2) is 0 Å². The minimum atomic E-state index is -0.486. The van der Waals surface area contributed by atoms with Crippen LogP contribution in [0.25, 0.3) is 10.9 Å². The molecule has 0 aromatic carbocycles. The van der Waals surface area contributed by atoms with E-state index < -0.39 is 5.60 Å². The summed E-state index contributed by atoms with van der Waals surface area (Å²) >= 11 is 6.14. The van der Waals surface area contributed by atoms with E-state index in [-0.39, 0.29) is 24.3 Å². The summed E-state index contributed by atoms with van der Waals surface area (Å²) in [7, 11) is 0. The third-order valence-electron chi connectivity index (χ3n) is 5.03. The lowest BCUT2D eigenvalue weighted by Gasteiger charge is -2.39. The van der Waals surface area contributed by atoms with Crippen LogP contribution >= 0.6 is 11.6 Å². The van der Waals surface area contributed by atoms with E-state index >= 15 is 0 Å². The Balaban J connectivity index is 1.46. The van der Waals surface area contributed by atoms with Gasteiger partial charge in [-0.15, -0.1) is 0 Å². The number of ether oxygens (including phenoxy) is 2. The van der Waals surface area contributed by atoms with Crippen LogP contribution in [-0.4, -0.2) is 49.7 Å². The normalized spacial score (nSPS) is 24.9. The lowest BCUT2D eigenvalue weighted by atomic mass is 10.0. The van der Waals surface area contributed by atoms with Crippen molar-refractivity contribution < 1.29 is 14.3 Å². The van der Waals surface area contributed by atoms with E-state index in [1.807, 2.05) is 25.7 Å². The van der Waals surface area contributed by atoms with Gasteiger partial charge in [0.1, 0.15) is 23.2 Å². The summed E-state index contributed by atoms with van der Waals surface area (Å²) in [6.45, 7) is 5.68. The zero-order chi connectivity index (χ0) is 19.2. The Morgan fingerprint density at radius 1 is 1.19 bits per heavy atom. The van der Waals surface area contributed by atoms with Gasteiger partial charge < -0.3 is 14.4 Å². The van der Waals surface area contributed by atoms with Crippen LogP contribution in [0.1, 0.15) is 46.5 Å². The molecule has 2 bridgehead atoms. The number of amides is 1. The van der Waals surface area contributed by atoms with Crippen molar-refractivity contribution in [3.8, 4) is 5.88 Å². The van der Waals surface area contributed by atoms with Gasteiger partial charge in [-0.2, -0.15) is 0 Å². The molecule has 0 spiro atoms. The largest absolute Gasteiger partial charge is 0.474 e. The number of nitrogens with zero attached hydrogens (tertiary/aromatic N) is 4. The first kappa shape index (κ1) is 18.2. The van der Waals surface area contributed by atoms with Gasteiger partial charge in [-0.1, -0.05) is 11.6 Å². The SMILES string of the molecule is CC(C)(C)OC(=O)N1C2CCC1CC(Oc1cc3c(Cl)ncnc3cn1)C2. The Morgan fingerprint density at radius 3 is 2.56 bits per heavy atom. The zero-order valence-corrected chi connectivity index (χ0v) is 16.4. The zero-order valence-electron chi connectivity index (χ0n) is 15.7. The summed E-state index contributed by atoms with van der Waals surface area (Å²) in [4.78, 5) is 26.9. The van der Waals surface area contributed by atoms with Crippen molar-refractivity contribution in [3.05, 3.63) is 23.7 Å². The molecular formula is C19H23ClN4O3. The minimum Gasteiger partial charge on any atom is -0.474 e. The molecular weight excluding hydrogens is 368 g/mol. The second kappa shape index (κ2) is 6.78. The van der Waals surface area contributed by atoms with Gasteiger partial charge in [-0.3, -0.25) is 0 Å². The molecule has 2 unspecified atom stereocenters. The molecule has 0 saturated carbocycles. The van der Waals surface area contributed by atoms with Crippen molar-refractivity contribution in [3.63, 3.8) is 0 Å². The highest BCUT2D eigenvalue weighted by Gasteiger charge is 2.45. The van der Waals surface area contributed by atoms with E-state index in [1.54, 1.807) is 12.3 Å². The molecule has 2 aromatic rings. The summed E-state index contributed by atoms with van der Waals surface area (Å²) in [6, 6.07) is 2.08. The van der Waals surface area contributed by atoms with Crippen LogP contribution in [0.2, 0.25) is 5.15 Å². The highest BCUT2D eigenvalue weighted by Crippen LogP contribution is 2.38. The molecule has 2 aliphatic heterocycles. The average molecular weight is 391 g/mol. The molecule has 0 radical (unpaired) electrons. The highest BCUT2D eigenvalue weighted by molar-refractivity contribution is 6.34. The van der Waals surface area contributed by atoms with Crippen LogP contribution in [0, 0.1) is 0 Å². The fourth-order valence-corrected chi connectivity index (χ4v) is 4.17. The van der Waals surface area contributed by atoms with E-state index in [1.165, 1.54) is 6.33 Å². The molecule has 2 atom stereocenters. The number of aromatic nitrogens is 3. The number of halogens is 1. The fourth-order valence-electron chi connectivity index (χ4n) is 3.98. The third-order valence-corrected chi connectivity index (χ3v) is 5.33. The van der Waals surface area contributed by atoms with Crippen molar-refractivity contribution in [1.82, 2.24) is 19.9 Å². The molecule has 8 heteroatoms. The maximum absolute atomic E-state index is 12.5. The first-order valence-corrected chi connectivity index (χ1v) is 9.62. The molecule has 4 rings (SSSR count). The van der Waals surface area contributed by atoms with Gasteiger partial charge >= 0.3 is 6.09 Å². The van der Waals surface area contributed by atoms with Crippen LogP contribution < -0.4 is 4.74 Å². The van der Waals surface area contributed by atoms with E-state index in [0.717, 1.165) is 31.1 Å². The molecule has 2 aliphatic rings. The van der Waals surface area contributed by atoms with Crippen molar-refractivity contribution in [1.29, 1.82) is 0 Å². The Morgan fingerprint density at radius 2 is 1.89 bits per heavy atom.